The van der Waals surface area contributed by atoms with Gasteiger partial charge in [0.1, 0.15) is 5.60 Å². The van der Waals surface area contributed by atoms with E-state index in [1.807, 2.05) is 0 Å². The number of carboxylic acids is 1. The summed E-state index contributed by atoms with van der Waals surface area (Å²) in [6.45, 7) is 5.74. The van der Waals surface area contributed by atoms with Crippen molar-refractivity contribution in [3.63, 3.8) is 0 Å². The summed E-state index contributed by atoms with van der Waals surface area (Å²) in [5.74, 6) is -1.12. The molecule has 0 atom stereocenters. The number of carbonyl (C=O) groups excluding carboxylic acids is 1. The van der Waals surface area contributed by atoms with Crippen molar-refractivity contribution in [1.82, 2.24) is 10.3 Å². The highest BCUT2D eigenvalue weighted by atomic mass is 16.6. The zero-order valence-electron chi connectivity index (χ0n) is 15.2. The van der Waals surface area contributed by atoms with E-state index in [1.54, 1.807) is 45.0 Å². The van der Waals surface area contributed by atoms with E-state index in [-0.39, 0.29) is 16.7 Å². The van der Waals surface area contributed by atoms with Crippen LogP contribution in [0, 0.1) is 0 Å². The van der Waals surface area contributed by atoms with E-state index >= 15 is 0 Å². The molecule has 26 heavy (non-hydrogen) atoms. The summed E-state index contributed by atoms with van der Waals surface area (Å²) in [6, 6.07) is 6.84. The Morgan fingerprint density at radius 3 is 2.54 bits per heavy atom. The van der Waals surface area contributed by atoms with Gasteiger partial charge >= 0.3 is 12.1 Å². The molecule has 0 radical (unpaired) electrons. The lowest BCUT2D eigenvalue weighted by molar-refractivity contribution is 0.0526. The van der Waals surface area contributed by atoms with Crippen molar-refractivity contribution in [1.29, 1.82) is 0 Å². The standard InChI is InChI=1S/C19H24N2O5/c1-19(2,3)26-18(25)20-11-7-6-9-13-15(17(23)24)12-8-4-5-10-14(12)21-16(13)22/h4-5,8,10H,6-7,9,11H2,1-3H3,(H,20,25)(H,21,22)(H,23,24). The number of aromatic amines is 1. The van der Waals surface area contributed by atoms with Crippen LogP contribution in [0.25, 0.3) is 10.9 Å². The average molecular weight is 360 g/mol. The number of ether oxygens (including phenoxy) is 1. The lowest BCUT2D eigenvalue weighted by Crippen LogP contribution is -2.33. The fourth-order valence-corrected chi connectivity index (χ4v) is 2.70. The first kappa shape index (κ1) is 19.5. The third-order valence-corrected chi connectivity index (χ3v) is 3.76. The number of carboxylic acid groups (broad SMARTS) is 1. The molecule has 7 nitrogen and oxygen atoms in total. The van der Waals surface area contributed by atoms with Gasteiger partial charge in [-0.3, -0.25) is 4.79 Å². The van der Waals surface area contributed by atoms with Crippen LogP contribution in [0.3, 0.4) is 0 Å². The second-order valence-corrected chi connectivity index (χ2v) is 7.04. The molecule has 1 aromatic carbocycles. The molecule has 3 N–H and O–H groups in total. The molecular formula is C19H24N2O5. The Hall–Kier alpha value is -2.83. The van der Waals surface area contributed by atoms with Gasteiger partial charge in [0, 0.05) is 23.0 Å². The molecule has 2 aromatic rings. The van der Waals surface area contributed by atoms with Crippen molar-refractivity contribution in [2.45, 2.75) is 45.6 Å². The van der Waals surface area contributed by atoms with Crippen LogP contribution in [0.1, 0.15) is 49.5 Å². The number of para-hydroxylation sites is 1. The number of nitrogens with one attached hydrogen (secondary N) is 2. The van der Waals surface area contributed by atoms with Crippen LogP contribution in [0.4, 0.5) is 4.79 Å². The van der Waals surface area contributed by atoms with E-state index in [9.17, 15) is 19.5 Å². The predicted molar refractivity (Wildman–Crippen MR) is 98.7 cm³/mol. The summed E-state index contributed by atoms with van der Waals surface area (Å²) in [7, 11) is 0. The molecule has 0 fully saturated rings. The molecule has 140 valence electrons. The number of amides is 1. The molecule has 0 saturated carbocycles. The molecular weight excluding hydrogens is 336 g/mol. The molecule has 1 aromatic heterocycles. The molecule has 0 spiro atoms. The van der Waals surface area contributed by atoms with Crippen molar-refractivity contribution in [2.24, 2.45) is 0 Å². The van der Waals surface area contributed by atoms with E-state index in [2.05, 4.69) is 10.3 Å². The van der Waals surface area contributed by atoms with Crippen LogP contribution in [-0.2, 0) is 11.2 Å². The number of benzene rings is 1. The van der Waals surface area contributed by atoms with Gasteiger partial charge in [0.2, 0.25) is 0 Å². The minimum atomic E-state index is -1.12. The molecule has 1 heterocycles. The molecule has 0 bridgehead atoms. The molecule has 0 aliphatic heterocycles. The summed E-state index contributed by atoms with van der Waals surface area (Å²) in [6.07, 6.45) is 0.993. The topological polar surface area (TPSA) is 108 Å². The van der Waals surface area contributed by atoms with Crippen molar-refractivity contribution in [3.8, 4) is 0 Å². The zero-order chi connectivity index (χ0) is 19.3. The SMILES string of the molecule is CC(C)(C)OC(=O)NCCCCc1c(C(=O)O)c2ccccc2[nH]c1=O. The quantitative estimate of drug-likeness (QED) is 0.686. The van der Waals surface area contributed by atoms with Crippen molar-refractivity contribution >= 4 is 23.0 Å². The minimum Gasteiger partial charge on any atom is -0.478 e. The number of hydrogen-bond acceptors (Lipinski definition) is 4. The predicted octanol–water partition coefficient (Wildman–Crippen LogP) is 3.07. The average Bonchev–Trinajstić information content (AvgIpc) is 2.52. The lowest BCUT2D eigenvalue weighted by Gasteiger charge is -2.19. The Balaban J connectivity index is 2.02. The number of fused-ring (bicyclic) bond motifs is 1. The van der Waals surface area contributed by atoms with Gasteiger partial charge in [0.05, 0.1) is 5.56 Å². The number of carbonyl (C=O) groups is 2. The molecule has 0 unspecified atom stereocenters. The van der Waals surface area contributed by atoms with Gasteiger partial charge in [0.15, 0.2) is 0 Å². The maximum absolute atomic E-state index is 12.3. The lowest BCUT2D eigenvalue weighted by atomic mass is 9.99. The van der Waals surface area contributed by atoms with Crippen molar-refractivity contribution in [2.75, 3.05) is 6.54 Å². The number of rotatable bonds is 6. The summed E-state index contributed by atoms with van der Waals surface area (Å²) in [4.78, 5) is 38.3. The second-order valence-electron chi connectivity index (χ2n) is 7.04. The van der Waals surface area contributed by atoms with Crippen LogP contribution in [-0.4, -0.2) is 34.3 Å². The van der Waals surface area contributed by atoms with Gasteiger partial charge in [-0.15, -0.1) is 0 Å². The maximum atomic E-state index is 12.3. The number of aromatic carboxylic acids is 1. The third kappa shape index (κ3) is 5.08. The number of unbranched alkanes of at least 4 members (excludes halogenated alkanes) is 1. The number of alkyl carbamates (subject to hydrolysis) is 1. The normalized spacial score (nSPS) is 11.3. The smallest absolute Gasteiger partial charge is 0.407 e. The van der Waals surface area contributed by atoms with Gasteiger partial charge < -0.3 is 20.1 Å². The van der Waals surface area contributed by atoms with Gasteiger partial charge in [0.25, 0.3) is 5.56 Å². The van der Waals surface area contributed by atoms with E-state index < -0.39 is 17.7 Å². The van der Waals surface area contributed by atoms with Crippen LogP contribution in [0.15, 0.2) is 29.1 Å². The first-order valence-corrected chi connectivity index (χ1v) is 8.53. The third-order valence-electron chi connectivity index (χ3n) is 3.76. The number of pyridine rings is 1. The molecule has 0 aliphatic rings. The summed E-state index contributed by atoms with van der Waals surface area (Å²) < 4.78 is 5.14. The summed E-state index contributed by atoms with van der Waals surface area (Å²) >= 11 is 0. The number of H-pyrrole nitrogens is 1. The first-order chi connectivity index (χ1) is 12.2. The van der Waals surface area contributed by atoms with Crippen LogP contribution in [0.2, 0.25) is 0 Å². The summed E-state index contributed by atoms with van der Waals surface area (Å²) in [5, 5.41) is 12.7. The highest BCUT2D eigenvalue weighted by molar-refractivity contribution is 6.03. The van der Waals surface area contributed by atoms with Gasteiger partial charge in [-0.1, -0.05) is 18.2 Å². The van der Waals surface area contributed by atoms with Gasteiger partial charge in [-0.05, 0) is 46.1 Å². The fourth-order valence-electron chi connectivity index (χ4n) is 2.70. The molecule has 7 heteroatoms. The minimum absolute atomic E-state index is 0.0458. The van der Waals surface area contributed by atoms with Crippen molar-refractivity contribution < 1.29 is 19.4 Å². The van der Waals surface area contributed by atoms with E-state index in [4.69, 9.17) is 4.74 Å². The zero-order valence-corrected chi connectivity index (χ0v) is 15.2. The second kappa shape index (κ2) is 8.03. The van der Waals surface area contributed by atoms with Gasteiger partial charge in [-0.2, -0.15) is 0 Å². The summed E-state index contributed by atoms with van der Waals surface area (Å²) in [5.41, 5.74) is -0.136. The van der Waals surface area contributed by atoms with E-state index in [1.165, 1.54) is 0 Å². The van der Waals surface area contributed by atoms with Crippen molar-refractivity contribution in [3.05, 3.63) is 45.7 Å². The monoisotopic (exact) mass is 360 g/mol. The number of aromatic nitrogens is 1. The van der Waals surface area contributed by atoms with Gasteiger partial charge in [-0.25, -0.2) is 9.59 Å². The molecule has 0 aliphatic carbocycles. The molecule has 0 saturated heterocycles. The Labute approximate surface area is 151 Å². The largest absolute Gasteiger partial charge is 0.478 e. The first-order valence-electron chi connectivity index (χ1n) is 8.53. The van der Waals surface area contributed by atoms with Crippen LogP contribution >= 0.6 is 0 Å². The highest BCUT2D eigenvalue weighted by Crippen LogP contribution is 2.19. The Bertz CT molecular complexity index is 864. The van der Waals surface area contributed by atoms with E-state index in [0.29, 0.717) is 36.7 Å². The Morgan fingerprint density at radius 2 is 1.88 bits per heavy atom. The Kier molecular flexibility index (Phi) is 6.02. The van der Waals surface area contributed by atoms with Crippen LogP contribution < -0.4 is 10.9 Å². The van der Waals surface area contributed by atoms with Crippen LogP contribution in [0.5, 0.6) is 0 Å². The highest BCUT2D eigenvalue weighted by Gasteiger charge is 2.18. The molecule has 1 amide bonds. The fraction of sp³-hybridized carbons (Fsp3) is 0.421. The number of hydrogen-bond donors (Lipinski definition) is 3. The molecule has 2 rings (SSSR count). The Morgan fingerprint density at radius 1 is 1.19 bits per heavy atom. The van der Waals surface area contributed by atoms with E-state index in [0.717, 1.165) is 0 Å². The maximum Gasteiger partial charge on any atom is 0.407 e.